The lowest BCUT2D eigenvalue weighted by Gasteiger charge is -2.06. The van der Waals surface area contributed by atoms with Gasteiger partial charge >= 0.3 is 0 Å². The summed E-state index contributed by atoms with van der Waals surface area (Å²) in [6, 6.07) is 0. The molecule has 2 atom stereocenters. The fraction of sp³-hybridized carbons (Fsp3) is 0.778. The molecule has 0 amide bonds. The van der Waals surface area contributed by atoms with Gasteiger partial charge in [-0.1, -0.05) is 18.3 Å². The van der Waals surface area contributed by atoms with Crippen molar-refractivity contribution < 1.29 is 0 Å². The molecule has 0 heterocycles. The predicted molar refractivity (Wildman–Crippen MR) is 50.0 cm³/mol. The van der Waals surface area contributed by atoms with Gasteiger partial charge in [0.05, 0.1) is 0 Å². The molecule has 0 saturated heterocycles. The summed E-state index contributed by atoms with van der Waals surface area (Å²) in [6.45, 7) is 4.57. The maximum Gasteiger partial charge on any atom is -0.0202 e. The van der Waals surface area contributed by atoms with Gasteiger partial charge < -0.3 is 0 Å². The van der Waals surface area contributed by atoms with Crippen LogP contribution in [0.25, 0.3) is 0 Å². The van der Waals surface area contributed by atoms with Gasteiger partial charge in [0, 0.05) is 0 Å². The third-order valence-electron chi connectivity index (χ3n) is 2.36. The third kappa shape index (κ3) is 1.83. The molecule has 0 nitrogen and oxygen atoms in total. The van der Waals surface area contributed by atoms with Crippen molar-refractivity contribution >= 4 is 8.58 Å². The van der Waals surface area contributed by atoms with E-state index in [9.17, 15) is 0 Å². The summed E-state index contributed by atoms with van der Waals surface area (Å²) in [6.07, 6.45) is 5.64. The van der Waals surface area contributed by atoms with E-state index in [-0.39, 0.29) is 0 Å². The fourth-order valence-electron chi connectivity index (χ4n) is 1.78. The van der Waals surface area contributed by atoms with E-state index in [0.717, 1.165) is 14.5 Å². The Bertz CT molecular complexity index is 127. The average molecular weight is 156 g/mol. The van der Waals surface area contributed by atoms with E-state index in [1.807, 2.05) is 0 Å². The molecule has 1 heteroatoms. The number of hydrogen-bond acceptors (Lipinski definition) is 0. The molecule has 0 aromatic carbocycles. The summed E-state index contributed by atoms with van der Waals surface area (Å²) in [5.41, 5.74) is 1.75. The molecule has 1 saturated carbocycles. The van der Waals surface area contributed by atoms with E-state index in [1.54, 1.807) is 5.57 Å². The van der Waals surface area contributed by atoms with Crippen molar-refractivity contribution in [2.45, 2.75) is 32.6 Å². The van der Waals surface area contributed by atoms with Gasteiger partial charge in [0.1, 0.15) is 0 Å². The molecule has 0 N–H and O–H groups in total. The molecule has 58 valence electrons. The van der Waals surface area contributed by atoms with Crippen LogP contribution in [0, 0.1) is 5.92 Å². The Balaban J connectivity index is 2.49. The van der Waals surface area contributed by atoms with Crippen molar-refractivity contribution in [2.24, 2.45) is 5.92 Å². The molecule has 1 aliphatic rings. The minimum Gasteiger partial charge on any atom is -0.102 e. The molecule has 2 unspecified atom stereocenters. The first-order chi connectivity index (χ1) is 4.88. The standard InChI is InChI=1S/C9H17P/c1-3-8-5-4-6-9(8)7-10-2/h7-8,10H,3-6H2,1-2H3. The Kier molecular flexibility index (Phi) is 3.42. The van der Waals surface area contributed by atoms with Crippen LogP contribution in [0.2, 0.25) is 0 Å². The van der Waals surface area contributed by atoms with Crippen LogP contribution in [-0.4, -0.2) is 6.66 Å². The van der Waals surface area contributed by atoms with Gasteiger partial charge in [0.25, 0.3) is 0 Å². The lowest BCUT2D eigenvalue weighted by molar-refractivity contribution is 0.607. The highest BCUT2D eigenvalue weighted by Gasteiger charge is 2.17. The molecule has 1 rings (SSSR count). The Labute approximate surface area is 65.9 Å². The van der Waals surface area contributed by atoms with Crippen LogP contribution in [0.15, 0.2) is 11.4 Å². The van der Waals surface area contributed by atoms with Gasteiger partial charge in [-0.3, -0.25) is 0 Å². The molecule has 0 spiro atoms. The zero-order valence-electron chi connectivity index (χ0n) is 6.98. The monoisotopic (exact) mass is 156 g/mol. The smallest absolute Gasteiger partial charge is 0.0202 e. The number of hydrogen-bond donors (Lipinski definition) is 0. The SMILES string of the molecule is CCC1CCCC1=CPC. The first-order valence-electron chi connectivity index (χ1n) is 4.24. The van der Waals surface area contributed by atoms with Gasteiger partial charge in [0.15, 0.2) is 0 Å². The summed E-state index contributed by atoms with van der Waals surface area (Å²) < 4.78 is 0. The van der Waals surface area contributed by atoms with Gasteiger partial charge in [0.2, 0.25) is 0 Å². The van der Waals surface area contributed by atoms with Crippen molar-refractivity contribution in [1.29, 1.82) is 0 Å². The van der Waals surface area contributed by atoms with Gasteiger partial charge in [-0.25, -0.2) is 0 Å². The second-order valence-electron chi connectivity index (χ2n) is 3.01. The fourth-order valence-corrected chi connectivity index (χ4v) is 2.53. The van der Waals surface area contributed by atoms with Crippen LogP contribution >= 0.6 is 8.58 Å². The lowest BCUT2D eigenvalue weighted by atomic mass is 10.0. The first kappa shape index (κ1) is 8.27. The van der Waals surface area contributed by atoms with E-state index in [0.29, 0.717) is 0 Å². The molecule has 0 bridgehead atoms. The van der Waals surface area contributed by atoms with Crippen molar-refractivity contribution in [3.8, 4) is 0 Å². The van der Waals surface area contributed by atoms with Crippen molar-refractivity contribution in [1.82, 2.24) is 0 Å². The Hall–Kier alpha value is 0.170. The van der Waals surface area contributed by atoms with Crippen molar-refractivity contribution in [3.63, 3.8) is 0 Å². The average Bonchev–Trinajstić information content (AvgIpc) is 2.36. The summed E-state index contributed by atoms with van der Waals surface area (Å²) in [5.74, 6) is 3.41. The van der Waals surface area contributed by atoms with E-state index >= 15 is 0 Å². The van der Waals surface area contributed by atoms with Crippen LogP contribution in [0.5, 0.6) is 0 Å². The molecule has 0 radical (unpaired) electrons. The van der Waals surface area contributed by atoms with Gasteiger partial charge in [-0.2, -0.15) is 0 Å². The van der Waals surface area contributed by atoms with Gasteiger partial charge in [-0.15, -0.1) is 8.58 Å². The first-order valence-corrected chi connectivity index (χ1v) is 5.82. The molecular weight excluding hydrogens is 139 g/mol. The molecule has 1 aliphatic carbocycles. The van der Waals surface area contributed by atoms with Crippen LogP contribution < -0.4 is 0 Å². The summed E-state index contributed by atoms with van der Waals surface area (Å²) in [4.78, 5) is 0. The highest BCUT2D eigenvalue weighted by molar-refractivity contribution is 7.40. The maximum atomic E-state index is 2.46. The summed E-state index contributed by atoms with van der Waals surface area (Å²) in [5, 5.41) is 0. The van der Waals surface area contributed by atoms with Crippen molar-refractivity contribution in [3.05, 3.63) is 11.4 Å². The number of allylic oxidation sites excluding steroid dienone is 1. The number of rotatable bonds is 2. The third-order valence-corrected chi connectivity index (χ3v) is 3.02. The molecule has 1 fully saturated rings. The van der Waals surface area contributed by atoms with E-state index in [1.165, 1.54) is 25.7 Å². The van der Waals surface area contributed by atoms with Crippen LogP contribution in [0.3, 0.4) is 0 Å². The minimum atomic E-state index is 0.951. The van der Waals surface area contributed by atoms with E-state index < -0.39 is 0 Å². The van der Waals surface area contributed by atoms with E-state index in [4.69, 9.17) is 0 Å². The normalized spacial score (nSPS) is 31.0. The maximum absolute atomic E-state index is 2.46. The highest BCUT2D eigenvalue weighted by Crippen LogP contribution is 2.35. The van der Waals surface area contributed by atoms with Gasteiger partial charge in [-0.05, 0) is 38.3 Å². The van der Waals surface area contributed by atoms with Crippen molar-refractivity contribution in [2.75, 3.05) is 6.66 Å². The predicted octanol–water partition coefficient (Wildman–Crippen LogP) is 3.39. The second kappa shape index (κ2) is 4.13. The highest BCUT2D eigenvalue weighted by atomic mass is 31.1. The Morgan fingerprint density at radius 3 is 3.10 bits per heavy atom. The molecule has 0 aliphatic heterocycles. The second-order valence-corrected chi connectivity index (χ2v) is 3.87. The largest absolute Gasteiger partial charge is 0.102 e. The molecule has 0 aromatic heterocycles. The summed E-state index contributed by atoms with van der Waals surface area (Å²) >= 11 is 0. The quantitative estimate of drug-likeness (QED) is 0.537. The zero-order valence-corrected chi connectivity index (χ0v) is 7.98. The minimum absolute atomic E-state index is 0.951. The Morgan fingerprint density at radius 2 is 2.50 bits per heavy atom. The summed E-state index contributed by atoms with van der Waals surface area (Å²) in [7, 11) is 1.02. The molecule has 0 aromatic rings. The topological polar surface area (TPSA) is 0 Å². The Morgan fingerprint density at radius 1 is 1.70 bits per heavy atom. The van der Waals surface area contributed by atoms with E-state index in [2.05, 4.69) is 19.4 Å². The lowest BCUT2D eigenvalue weighted by Crippen LogP contribution is -1.92. The van der Waals surface area contributed by atoms with Crippen LogP contribution in [-0.2, 0) is 0 Å². The molecule has 10 heavy (non-hydrogen) atoms. The molecular formula is C9H17P. The van der Waals surface area contributed by atoms with Crippen LogP contribution in [0.1, 0.15) is 32.6 Å². The zero-order chi connectivity index (χ0) is 7.40. The van der Waals surface area contributed by atoms with Crippen LogP contribution in [0.4, 0.5) is 0 Å².